The molecule has 2 rings (SSSR count). The molecule has 0 aliphatic rings. The molecule has 0 aliphatic heterocycles. The van der Waals surface area contributed by atoms with Crippen molar-refractivity contribution in [3.05, 3.63) is 64.2 Å². The van der Waals surface area contributed by atoms with Gasteiger partial charge >= 0.3 is 0 Å². The van der Waals surface area contributed by atoms with E-state index in [9.17, 15) is 4.79 Å². The molecule has 0 unspecified atom stereocenters. The van der Waals surface area contributed by atoms with Gasteiger partial charge in [0.2, 0.25) is 0 Å². The number of benzene rings is 1. The summed E-state index contributed by atoms with van der Waals surface area (Å²) in [7, 11) is 0. The van der Waals surface area contributed by atoms with Crippen molar-refractivity contribution in [2.75, 3.05) is 5.32 Å². The number of rotatable bonds is 5. The molecule has 0 aliphatic carbocycles. The number of furan rings is 1. The number of aryl methyl sites for hydroxylation is 1. The van der Waals surface area contributed by atoms with Gasteiger partial charge in [-0.3, -0.25) is 4.79 Å². The predicted molar refractivity (Wildman–Crippen MR) is 86.8 cm³/mol. The first-order valence-corrected chi connectivity index (χ1v) is 7.33. The minimum Gasteiger partial charge on any atom is -0.467 e. The van der Waals surface area contributed by atoms with Gasteiger partial charge in [-0.2, -0.15) is 5.26 Å². The summed E-state index contributed by atoms with van der Waals surface area (Å²) < 4.78 is 6.09. The average Bonchev–Trinajstić information content (AvgIpc) is 3.01. The fourth-order valence-electron chi connectivity index (χ4n) is 1.76. The maximum atomic E-state index is 11.9. The smallest absolute Gasteiger partial charge is 0.263 e. The van der Waals surface area contributed by atoms with E-state index >= 15 is 0 Å². The van der Waals surface area contributed by atoms with Crippen LogP contribution in [0.15, 0.2) is 57.3 Å². The molecule has 1 heterocycles. The summed E-state index contributed by atoms with van der Waals surface area (Å²) in [6.07, 6.45) is 2.92. The van der Waals surface area contributed by atoms with Crippen LogP contribution in [-0.4, -0.2) is 5.91 Å². The Morgan fingerprint density at radius 2 is 2.27 bits per heavy atom. The molecule has 0 bridgehead atoms. The Hall–Kier alpha value is -2.52. The van der Waals surface area contributed by atoms with E-state index in [1.165, 1.54) is 12.5 Å². The van der Waals surface area contributed by atoms with Crippen molar-refractivity contribution in [3.63, 3.8) is 0 Å². The third kappa shape index (κ3) is 4.24. The Balaban J connectivity index is 2.00. The van der Waals surface area contributed by atoms with E-state index in [-0.39, 0.29) is 12.1 Å². The van der Waals surface area contributed by atoms with Crippen molar-refractivity contribution in [1.29, 1.82) is 5.26 Å². The summed E-state index contributed by atoms with van der Waals surface area (Å²) in [6.45, 7) is 2.17. The molecule has 1 amide bonds. The first-order valence-electron chi connectivity index (χ1n) is 6.53. The van der Waals surface area contributed by atoms with Crippen LogP contribution < -0.4 is 10.6 Å². The Labute approximate surface area is 136 Å². The van der Waals surface area contributed by atoms with Crippen molar-refractivity contribution < 1.29 is 9.21 Å². The van der Waals surface area contributed by atoms with Crippen LogP contribution >= 0.6 is 15.9 Å². The van der Waals surface area contributed by atoms with Crippen LogP contribution in [0.3, 0.4) is 0 Å². The van der Waals surface area contributed by atoms with E-state index in [0.29, 0.717) is 5.76 Å². The number of carbonyl (C=O) groups is 1. The van der Waals surface area contributed by atoms with Gasteiger partial charge in [0.1, 0.15) is 17.4 Å². The number of hydrogen-bond acceptors (Lipinski definition) is 4. The summed E-state index contributed by atoms with van der Waals surface area (Å²) in [5, 5.41) is 14.7. The number of anilines is 1. The third-order valence-electron chi connectivity index (χ3n) is 2.93. The van der Waals surface area contributed by atoms with Crippen LogP contribution in [0.25, 0.3) is 0 Å². The Kier molecular flexibility index (Phi) is 5.39. The summed E-state index contributed by atoms with van der Waals surface area (Å²) in [5.74, 6) is 0.170. The van der Waals surface area contributed by atoms with Crippen LogP contribution in [0.1, 0.15) is 11.3 Å². The van der Waals surface area contributed by atoms with Gasteiger partial charge in [-0.25, -0.2) is 0 Å². The maximum absolute atomic E-state index is 11.9. The van der Waals surface area contributed by atoms with Gasteiger partial charge in [0.15, 0.2) is 0 Å². The second-order valence-electron chi connectivity index (χ2n) is 4.54. The lowest BCUT2D eigenvalue weighted by Gasteiger charge is -2.07. The van der Waals surface area contributed by atoms with Crippen molar-refractivity contribution in [2.24, 2.45) is 0 Å². The predicted octanol–water partition coefficient (Wildman–Crippen LogP) is 3.49. The average molecular weight is 360 g/mol. The number of nitrogens with one attached hydrogen (secondary N) is 2. The molecule has 5 nitrogen and oxygen atoms in total. The highest BCUT2D eigenvalue weighted by Gasteiger charge is 2.09. The minimum absolute atomic E-state index is 0.00567. The molecule has 112 valence electrons. The van der Waals surface area contributed by atoms with Crippen LogP contribution in [0.5, 0.6) is 0 Å². The first kappa shape index (κ1) is 15.9. The van der Waals surface area contributed by atoms with E-state index in [0.717, 1.165) is 15.7 Å². The van der Waals surface area contributed by atoms with Gasteiger partial charge in [-0.1, -0.05) is 15.9 Å². The van der Waals surface area contributed by atoms with E-state index in [1.807, 2.05) is 31.2 Å². The zero-order valence-corrected chi connectivity index (χ0v) is 13.5. The molecule has 0 fully saturated rings. The van der Waals surface area contributed by atoms with Gasteiger partial charge < -0.3 is 15.1 Å². The second-order valence-corrected chi connectivity index (χ2v) is 5.45. The normalized spacial score (nSPS) is 10.9. The van der Waals surface area contributed by atoms with E-state index in [2.05, 4.69) is 26.6 Å². The number of hydrogen-bond donors (Lipinski definition) is 2. The minimum atomic E-state index is -0.457. The second kappa shape index (κ2) is 7.48. The highest BCUT2D eigenvalue weighted by atomic mass is 79.9. The summed E-state index contributed by atoms with van der Waals surface area (Å²) in [5.41, 5.74) is 1.82. The summed E-state index contributed by atoms with van der Waals surface area (Å²) >= 11 is 3.38. The van der Waals surface area contributed by atoms with Gasteiger partial charge in [0.25, 0.3) is 5.91 Å². The number of carbonyl (C=O) groups excluding carboxylic acids is 1. The van der Waals surface area contributed by atoms with Crippen LogP contribution in [0.4, 0.5) is 5.69 Å². The highest BCUT2D eigenvalue weighted by Crippen LogP contribution is 2.20. The zero-order chi connectivity index (χ0) is 15.9. The molecule has 0 saturated heterocycles. The fraction of sp³-hybridized carbons (Fsp3) is 0.125. The Morgan fingerprint density at radius 1 is 1.45 bits per heavy atom. The van der Waals surface area contributed by atoms with E-state index in [4.69, 9.17) is 9.68 Å². The Morgan fingerprint density at radius 3 is 2.91 bits per heavy atom. The molecule has 0 atom stereocenters. The molecular formula is C16H14BrN3O2. The molecule has 22 heavy (non-hydrogen) atoms. The molecule has 6 heteroatoms. The highest BCUT2D eigenvalue weighted by molar-refractivity contribution is 9.10. The quantitative estimate of drug-likeness (QED) is 0.632. The lowest BCUT2D eigenvalue weighted by molar-refractivity contribution is -0.117. The number of nitriles is 1. The maximum Gasteiger partial charge on any atom is 0.263 e. The van der Waals surface area contributed by atoms with Crippen LogP contribution in [-0.2, 0) is 11.3 Å². The number of halogens is 1. The molecule has 1 aromatic heterocycles. The van der Waals surface area contributed by atoms with Crippen molar-refractivity contribution in [3.8, 4) is 6.07 Å². The number of nitrogens with zero attached hydrogens (tertiary/aromatic N) is 1. The van der Waals surface area contributed by atoms with Gasteiger partial charge in [0.05, 0.1) is 12.8 Å². The molecular weight excluding hydrogens is 346 g/mol. The first-order chi connectivity index (χ1) is 10.6. The molecule has 2 N–H and O–H groups in total. The fourth-order valence-corrected chi connectivity index (χ4v) is 2.24. The lowest BCUT2D eigenvalue weighted by Crippen LogP contribution is -2.24. The van der Waals surface area contributed by atoms with Gasteiger partial charge in [-0.05, 0) is 42.8 Å². The largest absolute Gasteiger partial charge is 0.467 e. The number of amides is 1. The van der Waals surface area contributed by atoms with Crippen LogP contribution in [0.2, 0.25) is 0 Å². The summed E-state index contributed by atoms with van der Waals surface area (Å²) in [4.78, 5) is 11.9. The zero-order valence-electron chi connectivity index (χ0n) is 11.9. The molecule has 0 spiro atoms. The molecule has 0 saturated carbocycles. The van der Waals surface area contributed by atoms with Gasteiger partial charge in [0, 0.05) is 16.4 Å². The Bertz CT molecular complexity index is 730. The third-order valence-corrected chi connectivity index (χ3v) is 3.42. The summed E-state index contributed by atoms with van der Waals surface area (Å²) in [6, 6.07) is 11.1. The SMILES string of the molecule is Cc1cc(Br)ccc1N/C=C(/C#N)C(=O)NCc1ccco1. The van der Waals surface area contributed by atoms with Crippen molar-refractivity contribution >= 4 is 27.5 Å². The van der Waals surface area contributed by atoms with E-state index < -0.39 is 5.91 Å². The standard InChI is InChI=1S/C16H14BrN3O2/c1-11-7-13(17)4-5-15(11)19-9-12(8-18)16(21)20-10-14-3-2-6-22-14/h2-7,9,19H,10H2,1H3,(H,20,21)/b12-9-. The lowest BCUT2D eigenvalue weighted by atomic mass is 10.2. The molecule has 2 aromatic rings. The van der Waals surface area contributed by atoms with Crippen molar-refractivity contribution in [1.82, 2.24) is 5.32 Å². The molecule has 0 radical (unpaired) electrons. The topological polar surface area (TPSA) is 78.1 Å². The van der Waals surface area contributed by atoms with E-state index in [1.54, 1.807) is 12.1 Å². The van der Waals surface area contributed by atoms with Crippen LogP contribution in [0, 0.1) is 18.3 Å². The van der Waals surface area contributed by atoms with Crippen molar-refractivity contribution in [2.45, 2.75) is 13.5 Å². The monoisotopic (exact) mass is 359 g/mol. The van der Waals surface area contributed by atoms with Gasteiger partial charge in [-0.15, -0.1) is 0 Å². The molecule has 1 aromatic carbocycles.